The topological polar surface area (TPSA) is 263 Å². The molecule has 0 aromatic rings. The van der Waals surface area contributed by atoms with Crippen molar-refractivity contribution in [1.82, 2.24) is 0 Å². The SMILES string of the molecule is CCC(C)(C)C(=O)OC1(C)CC(C)(C)OC1=O.CCC(C)(C)C(=O)OC1(C)CC(C)OC1=O.CCC(C)C(=O)OC1(C)CC(C)(C)OC1=O.CCC(C)C(=O)OC1(C)CC(C)OC1=O.CCC(C)C(=O)OC1CC(=O)OC1C. The van der Waals surface area contributed by atoms with Crippen LogP contribution in [0.1, 0.15) is 223 Å². The zero-order valence-corrected chi connectivity index (χ0v) is 51.3. The molecule has 0 amide bonds. The maximum absolute atomic E-state index is 12.0. The average Bonchev–Trinajstić information content (AvgIpc) is 4.00. The smallest absolute Gasteiger partial charge is 0.351 e. The molecule has 448 valence electrons. The summed E-state index contributed by atoms with van der Waals surface area (Å²) >= 11 is 0. The monoisotopic (exact) mass is 1110 g/mol. The highest BCUT2D eigenvalue weighted by molar-refractivity contribution is 5.88. The molecule has 20 nitrogen and oxygen atoms in total. The van der Waals surface area contributed by atoms with E-state index in [0.29, 0.717) is 51.4 Å². The number of hydrogen-bond acceptors (Lipinski definition) is 20. The summed E-state index contributed by atoms with van der Waals surface area (Å²) in [5, 5.41) is 0. The minimum absolute atomic E-state index is 0.113. The fraction of sp³-hybridized carbons (Fsp3) is 0.828. The first-order chi connectivity index (χ1) is 35.4. The van der Waals surface area contributed by atoms with Crippen LogP contribution in [0.25, 0.3) is 0 Å². The van der Waals surface area contributed by atoms with Gasteiger partial charge in [0.1, 0.15) is 35.6 Å². The Morgan fingerprint density at radius 1 is 0.500 bits per heavy atom. The van der Waals surface area contributed by atoms with Crippen LogP contribution in [-0.4, -0.2) is 118 Å². The van der Waals surface area contributed by atoms with E-state index < -0.39 is 74.4 Å². The van der Waals surface area contributed by atoms with Gasteiger partial charge in [-0.05, 0) is 136 Å². The maximum atomic E-state index is 12.0. The zero-order valence-electron chi connectivity index (χ0n) is 51.3. The lowest BCUT2D eigenvalue weighted by Gasteiger charge is -2.27. The van der Waals surface area contributed by atoms with Gasteiger partial charge in [-0.1, -0.05) is 55.4 Å². The van der Waals surface area contributed by atoms with E-state index in [1.165, 1.54) is 0 Å². The normalized spacial score (nSPS) is 29.6. The number of esters is 10. The number of hydrogen-bond donors (Lipinski definition) is 0. The summed E-state index contributed by atoms with van der Waals surface area (Å²) in [6.07, 6.45) is 4.27. The first kappa shape index (κ1) is 70.7. The van der Waals surface area contributed by atoms with E-state index in [-0.39, 0.29) is 78.3 Å². The summed E-state index contributed by atoms with van der Waals surface area (Å²) in [7, 11) is 0. The van der Waals surface area contributed by atoms with E-state index >= 15 is 0 Å². The summed E-state index contributed by atoms with van der Waals surface area (Å²) in [6, 6.07) is 0. The molecule has 0 saturated carbocycles. The molecule has 5 heterocycles. The largest absolute Gasteiger partial charge is 0.460 e. The number of rotatable bonds is 15. The van der Waals surface area contributed by atoms with Gasteiger partial charge in [0, 0.05) is 25.7 Å². The van der Waals surface area contributed by atoms with Gasteiger partial charge in [0.25, 0.3) is 0 Å². The van der Waals surface area contributed by atoms with Crippen LogP contribution in [0, 0.1) is 28.6 Å². The van der Waals surface area contributed by atoms with E-state index in [1.807, 2.05) is 96.9 Å². The molecule has 0 aromatic carbocycles. The Hall–Kier alpha value is -5.30. The molecule has 78 heavy (non-hydrogen) atoms. The molecule has 0 aliphatic carbocycles. The van der Waals surface area contributed by atoms with Crippen LogP contribution in [-0.2, 0) is 95.3 Å². The molecule has 5 saturated heterocycles. The minimum atomic E-state index is -1.15. The second-order valence-electron chi connectivity index (χ2n) is 24.8. The van der Waals surface area contributed by atoms with Crippen molar-refractivity contribution in [1.29, 1.82) is 0 Å². The Balaban J connectivity index is 0.000000488. The molecule has 0 aromatic heterocycles. The van der Waals surface area contributed by atoms with E-state index in [0.717, 1.165) is 6.42 Å². The molecule has 20 heteroatoms. The summed E-state index contributed by atoms with van der Waals surface area (Å²) in [4.78, 5) is 116. The molecule has 0 N–H and O–H groups in total. The molecular formula is C58H96O20. The van der Waals surface area contributed by atoms with Crippen LogP contribution >= 0.6 is 0 Å². The average molecular weight is 1110 g/mol. The van der Waals surface area contributed by atoms with Crippen LogP contribution in [0.2, 0.25) is 0 Å². The van der Waals surface area contributed by atoms with E-state index in [9.17, 15) is 47.9 Å². The van der Waals surface area contributed by atoms with Crippen LogP contribution in [0.15, 0.2) is 0 Å². The molecule has 0 radical (unpaired) electrons. The summed E-state index contributed by atoms with van der Waals surface area (Å²) in [5.41, 5.74) is -6.71. The number of carbonyl (C=O) groups is 10. The Morgan fingerprint density at radius 2 is 0.821 bits per heavy atom. The first-order valence-electron chi connectivity index (χ1n) is 27.6. The van der Waals surface area contributed by atoms with Crippen molar-refractivity contribution >= 4 is 59.7 Å². The maximum Gasteiger partial charge on any atom is 0.351 e. The summed E-state index contributed by atoms with van der Waals surface area (Å²) in [6.45, 7) is 41.2. The predicted octanol–water partition coefficient (Wildman–Crippen LogP) is 9.52. The standard InChI is InChI=1S/C13H22O4.2C12H20O4.C11H18O4.C10H16O4/c1-7-11(2,3)9(14)17-13(6)8-12(4,5)16-10(13)15;1-6-11(3,4)9(13)16-12(5)7-8(2)15-10(12)14;1-6-8(2)9(13)15-12(5)7-11(3,4)16-10(12)14;1-5-7(2)9(12)15-11(4)6-8(3)14-10(11)13;1-4-6(2)10(12)14-8-5-9(11)13-7(8)3/h7-8H2,1-6H3;2*8H,6-7H2,1-5H3;7-8H,5-6H2,1-4H3;6-8H,4-5H2,1-3H3. The Labute approximate surface area is 463 Å². The second kappa shape index (κ2) is 27.7. The van der Waals surface area contributed by atoms with Crippen molar-refractivity contribution in [3.8, 4) is 0 Å². The zero-order chi connectivity index (χ0) is 61.0. The van der Waals surface area contributed by atoms with Crippen molar-refractivity contribution in [3.05, 3.63) is 0 Å². The highest BCUT2D eigenvalue weighted by Crippen LogP contribution is 2.39. The lowest BCUT2D eigenvalue weighted by Crippen LogP contribution is -2.41. The second-order valence-corrected chi connectivity index (χ2v) is 24.8. The molecule has 0 bridgehead atoms. The Bertz CT molecular complexity index is 2160. The van der Waals surface area contributed by atoms with E-state index in [1.54, 1.807) is 62.3 Å². The fourth-order valence-electron chi connectivity index (χ4n) is 8.03. The number of ether oxygens (including phenoxy) is 10. The molecule has 11 atom stereocenters. The van der Waals surface area contributed by atoms with E-state index in [2.05, 4.69) is 0 Å². The molecular weight excluding hydrogens is 1020 g/mol. The van der Waals surface area contributed by atoms with Crippen LogP contribution in [0.4, 0.5) is 0 Å². The van der Waals surface area contributed by atoms with Crippen molar-refractivity contribution in [2.45, 2.75) is 281 Å². The minimum Gasteiger partial charge on any atom is -0.460 e. The fourth-order valence-corrected chi connectivity index (χ4v) is 8.03. The third kappa shape index (κ3) is 20.1. The van der Waals surface area contributed by atoms with Gasteiger partial charge in [-0.2, -0.15) is 0 Å². The lowest BCUT2D eigenvalue weighted by atomic mass is 9.89. The number of carbonyl (C=O) groups excluding carboxylic acids is 10. The van der Waals surface area contributed by atoms with Gasteiger partial charge in [0.15, 0.2) is 0 Å². The third-order valence-electron chi connectivity index (χ3n) is 14.6. The van der Waals surface area contributed by atoms with Gasteiger partial charge in [-0.25, -0.2) is 19.2 Å². The van der Waals surface area contributed by atoms with Gasteiger partial charge in [-0.3, -0.25) is 28.8 Å². The molecule has 5 rings (SSSR count). The molecule has 0 spiro atoms. The van der Waals surface area contributed by atoms with E-state index in [4.69, 9.17) is 47.4 Å². The van der Waals surface area contributed by atoms with Crippen molar-refractivity contribution in [2.75, 3.05) is 0 Å². The summed E-state index contributed by atoms with van der Waals surface area (Å²) in [5.74, 6) is -4.16. The van der Waals surface area contributed by atoms with Crippen LogP contribution < -0.4 is 0 Å². The van der Waals surface area contributed by atoms with Gasteiger partial charge in [0.05, 0.1) is 35.0 Å². The highest BCUT2D eigenvalue weighted by Gasteiger charge is 2.55. The molecule has 5 aliphatic heterocycles. The van der Waals surface area contributed by atoms with Crippen LogP contribution in [0.3, 0.4) is 0 Å². The van der Waals surface area contributed by atoms with Crippen molar-refractivity contribution < 1.29 is 95.3 Å². The first-order valence-corrected chi connectivity index (χ1v) is 27.6. The van der Waals surface area contributed by atoms with Crippen LogP contribution in [0.5, 0.6) is 0 Å². The van der Waals surface area contributed by atoms with Gasteiger partial charge in [0.2, 0.25) is 22.4 Å². The highest BCUT2D eigenvalue weighted by atomic mass is 16.6. The summed E-state index contributed by atoms with van der Waals surface area (Å²) < 4.78 is 51.6. The number of cyclic esters (lactones) is 5. The van der Waals surface area contributed by atoms with Gasteiger partial charge < -0.3 is 47.4 Å². The molecule has 5 aliphatic rings. The Morgan fingerprint density at radius 3 is 1.10 bits per heavy atom. The van der Waals surface area contributed by atoms with Gasteiger partial charge >= 0.3 is 59.7 Å². The Kier molecular flexibility index (Phi) is 25.1. The molecule has 5 fully saturated rings. The third-order valence-corrected chi connectivity index (χ3v) is 14.6. The quantitative estimate of drug-likeness (QED) is 0.109. The molecule has 11 unspecified atom stereocenters. The predicted molar refractivity (Wildman–Crippen MR) is 284 cm³/mol. The van der Waals surface area contributed by atoms with Gasteiger partial charge in [-0.15, -0.1) is 0 Å². The lowest BCUT2D eigenvalue weighted by molar-refractivity contribution is -0.178. The van der Waals surface area contributed by atoms with Crippen molar-refractivity contribution in [2.24, 2.45) is 28.6 Å². The van der Waals surface area contributed by atoms with Crippen molar-refractivity contribution in [3.63, 3.8) is 0 Å².